The number of fused-ring (bicyclic) bond motifs is 2. The number of carbonyl (C=O) groups excluding carboxylic acids is 1. The van der Waals surface area contributed by atoms with Gasteiger partial charge in [-0.3, -0.25) is 4.79 Å². The summed E-state index contributed by atoms with van der Waals surface area (Å²) in [6.07, 6.45) is 4.06. The van der Waals surface area contributed by atoms with Crippen LogP contribution in [0, 0.1) is 28.6 Å². The molecule has 8 heteroatoms. The van der Waals surface area contributed by atoms with Crippen molar-refractivity contribution in [3.63, 3.8) is 0 Å². The topological polar surface area (TPSA) is 85.4 Å². The van der Waals surface area contributed by atoms with Gasteiger partial charge in [0.05, 0.1) is 38.2 Å². The number of rotatable bonds is 6. The van der Waals surface area contributed by atoms with E-state index in [4.69, 9.17) is 14.2 Å². The smallest absolute Gasteiger partial charge is 0.239 e. The summed E-state index contributed by atoms with van der Waals surface area (Å²) >= 11 is 0. The molecule has 6 rings (SSSR count). The van der Waals surface area contributed by atoms with Crippen LogP contribution in [0.15, 0.2) is 24.3 Å². The fraction of sp³-hybridized carbons (Fsp3) is 0.741. The lowest BCUT2D eigenvalue weighted by Gasteiger charge is -2.38. The highest BCUT2D eigenvalue weighted by molar-refractivity contribution is 7.90. The van der Waals surface area contributed by atoms with Crippen molar-refractivity contribution in [2.45, 2.75) is 77.2 Å². The third-order valence-electron chi connectivity index (χ3n) is 10.4. The minimum Gasteiger partial charge on any atom is -0.497 e. The largest absolute Gasteiger partial charge is 0.497 e. The minimum atomic E-state index is -3.59. The summed E-state index contributed by atoms with van der Waals surface area (Å²) in [5.41, 5.74) is 0.410. The van der Waals surface area contributed by atoms with Crippen LogP contribution < -0.4 is 4.74 Å². The normalized spacial score (nSPS) is 41.9. The number of hydrogen-bond acceptors (Lipinski definition) is 6. The SMILES string of the molecule is COc1ccc(COC[C@]23C[C@H](C)[C@@H](C(=O)N4[C@@H]5C[C@H]6CC[C@@]5(CS4(=O)=O)C6(C)C)C[C@H]2O3)cc1. The Labute approximate surface area is 208 Å². The molecule has 0 N–H and O–H groups in total. The molecule has 0 radical (unpaired) electrons. The summed E-state index contributed by atoms with van der Waals surface area (Å²) in [6.45, 7) is 7.48. The third-order valence-corrected chi connectivity index (χ3v) is 12.4. The molecule has 0 aromatic heterocycles. The molecule has 7 nitrogen and oxygen atoms in total. The summed E-state index contributed by atoms with van der Waals surface area (Å²) in [7, 11) is -1.95. The second-order valence-electron chi connectivity index (χ2n) is 12.3. The van der Waals surface area contributed by atoms with E-state index in [2.05, 4.69) is 20.8 Å². The van der Waals surface area contributed by atoms with Gasteiger partial charge in [-0.1, -0.05) is 32.9 Å². The van der Waals surface area contributed by atoms with E-state index in [-0.39, 0.29) is 52.1 Å². The summed E-state index contributed by atoms with van der Waals surface area (Å²) in [5, 5.41) is 0. The van der Waals surface area contributed by atoms with E-state index in [1.54, 1.807) is 7.11 Å². The van der Waals surface area contributed by atoms with Crippen molar-refractivity contribution in [1.82, 2.24) is 4.31 Å². The van der Waals surface area contributed by atoms with Crippen LogP contribution in [-0.2, 0) is 30.9 Å². The summed E-state index contributed by atoms with van der Waals surface area (Å²) in [6, 6.07) is 7.64. The molecule has 2 aliphatic heterocycles. The minimum absolute atomic E-state index is 0.0338. The van der Waals surface area contributed by atoms with Crippen molar-refractivity contribution in [3.05, 3.63) is 29.8 Å². The van der Waals surface area contributed by atoms with Crippen LogP contribution in [0.5, 0.6) is 5.75 Å². The van der Waals surface area contributed by atoms with E-state index in [0.717, 1.165) is 30.6 Å². The molecule has 1 aromatic rings. The van der Waals surface area contributed by atoms with Gasteiger partial charge in [-0.25, -0.2) is 12.7 Å². The van der Waals surface area contributed by atoms with E-state index >= 15 is 0 Å². The molecule has 2 saturated heterocycles. The maximum absolute atomic E-state index is 13.8. The van der Waals surface area contributed by atoms with Gasteiger partial charge in [0.1, 0.15) is 11.4 Å². The number of carbonyl (C=O) groups is 1. The lowest BCUT2D eigenvalue weighted by Crippen LogP contribution is -2.49. The van der Waals surface area contributed by atoms with Crippen LogP contribution in [0.2, 0.25) is 0 Å². The molecule has 5 fully saturated rings. The predicted molar refractivity (Wildman–Crippen MR) is 130 cm³/mol. The number of amides is 1. The number of nitrogens with zero attached hydrogens (tertiary/aromatic N) is 1. The maximum atomic E-state index is 13.8. The Kier molecular flexibility index (Phi) is 5.21. The van der Waals surface area contributed by atoms with Crippen LogP contribution in [0.4, 0.5) is 0 Å². The first-order valence-corrected chi connectivity index (χ1v) is 14.6. The standard InChI is InChI=1S/C27H37NO6S/c1-17-13-27(15-33-14-18-5-7-20(32-4)8-6-18)23(34-27)12-21(17)24(29)28-22-11-19-9-10-26(22,25(19,2)3)16-35(28,30)31/h5-8,17,19,21-23H,9-16H2,1-4H3/t17-,19+,21-,22+,23+,26-,27+/m0/s1. The molecule has 3 aliphatic carbocycles. The zero-order valence-corrected chi connectivity index (χ0v) is 22.0. The second-order valence-corrected chi connectivity index (χ2v) is 14.1. The van der Waals surface area contributed by atoms with Gasteiger partial charge in [-0.2, -0.15) is 0 Å². The van der Waals surface area contributed by atoms with Crippen molar-refractivity contribution in [1.29, 1.82) is 0 Å². The monoisotopic (exact) mass is 503 g/mol. The number of hydrogen-bond donors (Lipinski definition) is 0. The molecule has 192 valence electrons. The quantitative estimate of drug-likeness (QED) is 0.550. The molecular weight excluding hydrogens is 466 g/mol. The summed E-state index contributed by atoms with van der Waals surface area (Å²) in [4.78, 5) is 13.8. The Morgan fingerprint density at radius 1 is 1.20 bits per heavy atom. The molecule has 2 heterocycles. The third kappa shape index (κ3) is 3.35. The van der Waals surface area contributed by atoms with Crippen LogP contribution in [0.25, 0.3) is 0 Å². The van der Waals surface area contributed by atoms with E-state index in [9.17, 15) is 13.2 Å². The first-order valence-electron chi connectivity index (χ1n) is 13.0. The molecular formula is C27H37NO6S. The van der Waals surface area contributed by atoms with Crippen molar-refractivity contribution >= 4 is 15.9 Å². The average molecular weight is 504 g/mol. The van der Waals surface area contributed by atoms with Gasteiger partial charge in [0.2, 0.25) is 15.9 Å². The second kappa shape index (κ2) is 7.68. The molecule has 1 spiro atoms. The summed E-state index contributed by atoms with van der Waals surface area (Å²) < 4.78 is 45.4. The zero-order valence-electron chi connectivity index (χ0n) is 21.2. The van der Waals surface area contributed by atoms with Crippen LogP contribution in [0.3, 0.4) is 0 Å². The van der Waals surface area contributed by atoms with Gasteiger partial charge in [0.25, 0.3) is 0 Å². The number of benzene rings is 1. The Morgan fingerprint density at radius 3 is 2.63 bits per heavy atom. The molecule has 5 aliphatic rings. The van der Waals surface area contributed by atoms with Gasteiger partial charge in [-0.05, 0) is 67.1 Å². The maximum Gasteiger partial charge on any atom is 0.239 e. The highest BCUT2D eigenvalue weighted by atomic mass is 32.2. The van der Waals surface area contributed by atoms with Gasteiger partial charge in [0, 0.05) is 11.3 Å². The fourth-order valence-corrected chi connectivity index (χ4v) is 10.8. The molecule has 0 unspecified atom stereocenters. The van der Waals surface area contributed by atoms with E-state index in [1.165, 1.54) is 4.31 Å². The van der Waals surface area contributed by atoms with Crippen LogP contribution in [0.1, 0.15) is 58.4 Å². The number of epoxide rings is 1. The predicted octanol–water partition coefficient (Wildman–Crippen LogP) is 3.76. The Morgan fingerprint density at radius 2 is 1.94 bits per heavy atom. The first kappa shape index (κ1) is 23.7. The Balaban J connectivity index is 1.11. The van der Waals surface area contributed by atoms with E-state index in [0.29, 0.717) is 32.0 Å². The highest BCUT2D eigenvalue weighted by Gasteiger charge is 2.73. The van der Waals surface area contributed by atoms with Gasteiger partial charge in [0.15, 0.2) is 0 Å². The molecule has 2 bridgehead atoms. The number of sulfonamides is 1. The molecule has 7 atom stereocenters. The number of methoxy groups -OCH3 is 1. The lowest BCUT2D eigenvalue weighted by atomic mass is 9.68. The molecule has 3 saturated carbocycles. The fourth-order valence-electron chi connectivity index (χ4n) is 8.18. The van der Waals surface area contributed by atoms with Crippen molar-refractivity contribution in [2.24, 2.45) is 28.6 Å². The molecule has 35 heavy (non-hydrogen) atoms. The molecule has 1 amide bonds. The van der Waals surface area contributed by atoms with E-state index < -0.39 is 10.0 Å². The van der Waals surface area contributed by atoms with Crippen molar-refractivity contribution < 1.29 is 27.4 Å². The van der Waals surface area contributed by atoms with Gasteiger partial charge in [-0.15, -0.1) is 0 Å². The Hall–Kier alpha value is -1.64. The Bertz CT molecular complexity index is 1130. The average Bonchev–Trinajstić information content (AvgIpc) is 3.29. The van der Waals surface area contributed by atoms with Crippen molar-refractivity contribution in [3.8, 4) is 5.75 Å². The van der Waals surface area contributed by atoms with E-state index in [1.807, 2.05) is 24.3 Å². The molecule has 1 aromatic carbocycles. The zero-order chi connectivity index (χ0) is 24.8. The van der Waals surface area contributed by atoms with Crippen molar-refractivity contribution in [2.75, 3.05) is 19.5 Å². The van der Waals surface area contributed by atoms with Gasteiger partial charge >= 0.3 is 0 Å². The van der Waals surface area contributed by atoms with Crippen LogP contribution in [-0.4, -0.2) is 55.8 Å². The highest BCUT2D eigenvalue weighted by Crippen LogP contribution is 2.70. The van der Waals surface area contributed by atoms with Gasteiger partial charge < -0.3 is 14.2 Å². The van der Waals surface area contributed by atoms with Crippen LogP contribution >= 0.6 is 0 Å². The number of ether oxygens (including phenoxy) is 3. The first-order chi connectivity index (χ1) is 16.5. The summed E-state index contributed by atoms with van der Waals surface area (Å²) in [5.74, 6) is 0.989. The lowest BCUT2D eigenvalue weighted by molar-refractivity contribution is -0.136.